The summed E-state index contributed by atoms with van der Waals surface area (Å²) in [6, 6.07) is 4.86. The van der Waals surface area contributed by atoms with Crippen LogP contribution >= 0.6 is 41.5 Å². The lowest BCUT2D eigenvalue weighted by Crippen LogP contribution is -2.00. The maximum atomic E-state index is 8.87. The van der Waals surface area contributed by atoms with E-state index in [-0.39, 0.29) is 6.61 Å². The highest BCUT2D eigenvalue weighted by atomic mass is 35.5. The Morgan fingerprint density at radius 3 is 2.44 bits per heavy atom. The zero-order valence-electron chi connectivity index (χ0n) is 7.81. The molecule has 1 atom stereocenters. The third-order valence-corrected chi connectivity index (χ3v) is 3.61. The smallest absolute Gasteiger partial charge is 0.321 e. The molecule has 0 aliphatic rings. The molecule has 0 spiro atoms. The van der Waals surface area contributed by atoms with Crippen LogP contribution in [0.25, 0.3) is 0 Å². The van der Waals surface area contributed by atoms with E-state index in [0.29, 0.717) is 15.6 Å². The van der Waals surface area contributed by atoms with E-state index in [0.717, 1.165) is 0 Å². The van der Waals surface area contributed by atoms with E-state index in [1.54, 1.807) is 18.2 Å². The van der Waals surface area contributed by atoms with Gasteiger partial charge in [0.15, 0.2) is 0 Å². The first-order valence-electron chi connectivity index (χ1n) is 4.08. The molecule has 0 fully saturated rings. The second kappa shape index (κ2) is 5.98. The lowest BCUT2D eigenvalue weighted by atomic mass is 10.1. The van der Waals surface area contributed by atoms with Gasteiger partial charge in [0, 0.05) is 0 Å². The van der Waals surface area contributed by atoms with E-state index in [1.807, 2.05) is 0 Å². The van der Waals surface area contributed by atoms with Crippen LogP contribution < -0.4 is 0 Å². The highest BCUT2D eigenvalue weighted by Gasteiger charge is 2.15. The molecule has 90 valence electrons. The Morgan fingerprint density at radius 1 is 1.31 bits per heavy atom. The predicted molar refractivity (Wildman–Crippen MR) is 69.7 cm³/mol. The van der Waals surface area contributed by atoms with Crippen molar-refractivity contribution < 1.29 is 14.3 Å². The second-order valence-electron chi connectivity index (χ2n) is 2.93. The lowest BCUT2D eigenvalue weighted by molar-refractivity contribution is 0.251. The van der Waals surface area contributed by atoms with Crippen LogP contribution in [0.5, 0.6) is 0 Å². The molecular formula is C8H8Cl3O3PS. The van der Waals surface area contributed by atoms with Crippen molar-refractivity contribution in [2.75, 3.05) is 6.61 Å². The van der Waals surface area contributed by atoms with E-state index >= 15 is 0 Å². The molecule has 1 aromatic rings. The third-order valence-electron chi connectivity index (χ3n) is 1.69. The first kappa shape index (κ1) is 14.7. The third kappa shape index (κ3) is 4.86. The topological polar surface area (TPSA) is 49.7 Å². The fraction of sp³-hybridized carbons (Fsp3) is 0.250. The second-order valence-corrected chi connectivity index (χ2v) is 6.94. The van der Waals surface area contributed by atoms with Crippen LogP contribution in [0.3, 0.4) is 0 Å². The molecule has 16 heavy (non-hydrogen) atoms. The van der Waals surface area contributed by atoms with Crippen LogP contribution in [0.15, 0.2) is 18.2 Å². The van der Waals surface area contributed by atoms with Gasteiger partial charge in [-0.25, -0.2) is 0 Å². The van der Waals surface area contributed by atoms with Gasteiger partial charge < -0.3 is 14.3 Å². The minimum atomic E-state index is -3.67. The molecule has 2 N–H and O–H groups in total. The van der Waals surface area contributed by atoms with Crippen molar-refractivity contribution in [1.29, 1.82) is 0 Å². The summed E-state index contributed by atoms with van der Waals surface area (Å²) in [6.07, 6.45) is 0. The summed E-state index contributed by atoms with van der Waals surface area (Å²) in [7, 11) is 0. The molecule has 0 aliphatic carbocycles. The first-order valence-corrected chi connectivity index (χ1v) is 7.90. The van der Waals surface area contributed by atoms with Crippen molar-refractivity contribution in [3.05, 3.63) is 33.8 Å². The van der Waals surface area contributed by atoms with Gasteiger partial charge in [-0.1, -0.05) is 29.3 Å². The molecule has 1 rings (SSSR count). The number of hydrogen-bond donors (Lipinski definition) is 2. The fourth-order valence-corrected chi connectivity index (χ4v) is 2.08. The Labute approximate surface area is 113 Å². The summed E-state index contributed by atoms with van der Waals surface area (Å²) < 4.78 is 4.64. The van der Waals surface area contributed by atoms with Gasteiger partial charge in [0.2, 0.25) is 0 Å². The van der Waals surface area contributed by atoms with Crippen molar-refractivity contribution in [2.24, 2.45) is 0 Å². The summed E-state index contributed by atoms with van der Waals surface area (Å²) in [5.41, 5.74) is 0.666. The van der Waals surface area contributed by atoms with Gasteiger partial charge >= 0.3 is 6.72 Å². The largest absolute Gasteiger partial charge is 0.325 e. The highest BCUT2D eigenvalue weighted by Crippen LogP contribution is 2.39. The number of benzene rings is 1. The van der Waals surface area contributed by atoms with Crippen LogP contribution in [0, 0.1) is 0 Å². The predicted octanol–water partition coefficient (Wildman–Crippen LogP) is 3.50. The van der Waals surface area contributed by atoms with Crippen LogP contribution in [0.4, 0.5) is 0 Å². The Bertz CT molecular complexity index is 423. The molecule has 0 aliphatic heterocycles. The van der Waals surface area contributed by atoms with Gasteiger partial charge in [0.05, 0.1) is 22.0 Å². The van der Waals surface area contributed by atoms with E-state index in [4.69, 9.17) is 44.6 Å². The summed E-state index contributed by atoms with van der Waals surface area (Å²) in [4.78, 5) is 17.7. The van der Waals surface area contributed by atoms with Crippen LogP contribution in [-0.2, 0) is 16.3 Å². The van der Waals surface area contributed by atoms with Crippen LogP contribution in [0.2, 0.25) is 10.0 Å². The lowest BCUT2D eigenvalue weighted by Gasteiger charge is -2.13. The number of hydrogen-bond acceptors (Lipinski definition) is 2. The average molecular weight is 322 g/mol. The fourth-order valence-electron chi connectivity index (χ4n) is 0.966. The Hall–Kier alpha value is 0.620. The summed E-state index contributed by atoms with van der Waals surface area (Å²) in [6.45, 7) is -3.78. The van der Waals surface area contributed by atoms with Gasteiger partial charge in [-0.05, 0) is 29.5 Å². The summed E-state index contributed by atoms with van der Waals surface area (Å²) in [5.74, 6) is 0. The molecule has 0 amide bonds. The van der Waals surface area contributed by atoms with Gasteiger partial charge in [-0.2, -0.15) is 0 Å². The SMILES string of the molecule is OP(O)(=S)OCC(Cl)c1ccc(Cl)c(Cl)c1. The first-order chi connectivity index (χ1) is 7.29. The van der Waals surface area contributed by atoms with Crippen molar-refractivity contribution in [3.8, 4) is 0 Å². The van der Waals surface area contributed by atoms with Gasteiger partial charge in [0.1, 0.15) is 0 Å². The van der Waals surface area contributed by atoms with Crippen molar-refractivity contribution in [1.82, 2.24) is 0 Å². The number of alkyl halides is 1. The van der Waals surface area contributed by atoms with E-state index < -0.39 is 12.1 Å². The molecule has 0 heterocycles. The monoisotopic (exact) mass is 320 g/mol. The molecule has 0 saturated heterocycles. The minimum Gasteiger partial charge on any atom is -0.325 e. The van der Waals surface area contributed by atoms with Gasteiger partial charge in [0.25, 0.3) is 0 Å². The number of halogens is 3. The Morgan fingerprint density at radius 2 is 1.94 bits per heavy atom. The molecule has 8 heteroatoms. The van der Waals surface area contributed by atoms with E-state index in [2.05, 4.69) is 16.3 Å². The normalized spacial score (nSPS) is 13.8. The quantitative estimate of drug-likeness (QED) is 0.658. The molecule has 0 bridgehead atoms. The highest BCUT2D eigenvalue weighted by molar-refractivity contribution is 8.06. The minimum absolute atomic E-state index is 0.107. The molecule has 1 aromatic carbocycles. The van der Waals surface area contributed by atoms with E-state index in [1.165, 1.54) is 0 Å². The molecule has 1 unspecified atom stereocenters. The molecule has 3 nitrogen and oxygen atoms in total. The standard InChI is InChI=1S/C8H8Cl3O3PS/c9-6-2-1-5(3-7(6)10)8(11)4-14-15(12,13)16/h1-3,8H,4H2,(H2,12,13,16). The molecule has 0 saturated carbocycles. The van der Waals surface area contributed by atoms with Crippen molar-refractivity contribution >= 4 is 53.3 Å². The van der Waals surface area contributed by atoms with Crippen molar-refractivity contribution in [2.45, 2.75) is 5.38 Å². The van der Waals surface area contributed by atoms with Crippen LogP contribution in [-0.4, -0.2) is 16.4 Å². The molecular weight excluding hydrogens is 313 g/mol. The zero-order chi connectivity index (χ0) is 12.3. The van der Waals surface area contributed by atoms with Gasteiger partial charge in [-0.15, -0.1) is 11.6 Å². The zero-order valence-corrected chi connectivity index (χ0v) is 11.8. The maximum Gasteiger partial charge on any atom is 0.321 e. The summed E-state index contributed by atoms with van der Waals surface area (Å²) >= 11 is 21.8. The van der Waals surface area contributed by atoms with Gasteiger partial charge in [-0.3, -0.25) is 0 Å². The Balaban J connectivity index is 2.70. The Kier molecular flexibility index (Phi) is 5.49. The molecule has 0 aromatic heterocycles. The average Bonchev–Trinajstić information content (AvgIpc) is 2.17. The maximum absolute atomic E-state index is 8.87. The van der Waals surface area contributed by atoms with E-state index in [9.17, 15) is 0 Å². The molecule has 0 radical (unpaired) electrons. The summed E-state index contributed by atoms with van der Waals surface area (Å²) in [5, 5.41) is 0.221. The van der Waals surface area contributed by atoms with Crippen LogP contribution in [0.1, 0.15) is 10.9 Å². The van der Waals surface area contributed by atoms with Crippen molar-refractivity contribution in [3.63, 3.8) is 0 Å². The number of rotatable bonds is 4.